The summed E-state index contributed by atoms with van der Waals surface area (Å²) in [6.45, 7) is 5.53. The van der Waals surface area contributed by atoms with E-state index in [0.29, 0.717) is 12.3 Å². The van der Waals surface area contributed by atoms with Crippen molar-refractivity contribution in [2.75, 3.05) is 18.9 Å². The van der Waals surface area contributed by atoms with Crippen LogP contribution in [0.2, 0.25) is 0 Å². The minimum absolute atomic E-state index is 0.0380. The fourth-order valence-corrected chi connectivity index (χ4v) is 3.55. The highest BCUT2D eigenvalue weighted by Crippen LogP contribution is 2.24. The third-order valence-corrected chi connectivity index (χ3v) is 5.10. The van der Waals surface area contributed by atoms with Crippen LogP contribution in [0.1, 0.15) is 24.0 Å². The Balaban J connectivity index is 1.59. The molecule has 0 saturated carbocycles. The van der Waals surface area contributed by atoms with Crippen LogP contribution >= 0.6 is 11.8 Å². The monoisotopic (exact) mass is 330 g/mol. The molecule has 4 nitrogen and oxygen atoms in total. The van der Waals surface area contributed by atoms with Crippen molar-refractivity contribution < 1.29 is 9.53 Å². The number of hydrogen-bond acceptors (Lipinski definition) is 4. The predicted octanol–water partition coefficient (Wildman–Crippen LogP) is 3.24. The largest absolute Gasteiger partial charge is 0.376 e. The molecule has 1 N–H and O–H groups in total. The Hall–Kier alpha value is -1.59. The average Bonchev–Trinajstić information content (AvgIpc) is 3.04. The Kier molecular flexibility index (Phi) is 5.18. The second kappa shape index (κ2) is 7.32. The quantitative estimate of drug-likeness (QED) is 0.855. The number of pyridine rings is 1. The lowest BCUT2D eigenvalue weighted by atomic mass is 10.1. The zero-order valence-electron chi connectivity index (χ0n) is 13.6. The van der Waals surface area contributed by atoms with E-state index in [0.717, 1.165) is 40.9 Å². The first-order chi connectivity index (χ1) is 11.1. The maximum atomic E-state index is 12.0. The molecule has 1 aliphatic heterocycles. The van der Waals surface area contributed by atoms with Crippen LogP contribution in [0.3, 0.4) is 0 Å². The van der Waals surface area contributed by atoms with Gasteiger partial charge in [-0.15, -0.1) is 0 Å². The van der Waals surface area contributed by atoms with Crippen molar-refractivity contribution in [3.63, 3.8) is 0 Å². The van der Waals surface area contributed by atoms with Gasteiger partial charge in [0.2, 0.25) is 5.91 Å². The van der Waals surface area contributed by atoms with E-state index in [1.165, 1.54) is 17.3 Å². The summed E-state index contributed by atoms with van der Waals surface area (Å²) >= 11 is 1.49. The van der Waals surface area contributed by atoms with Gasteiger partial charge in [0.1, 0.15) is 5.03 Å². The fourth-order valence-electron chi connectivity index (χ4n) is 2.73. The van der Waals surface area contributed by atoms with E-state index in [-0.39, 0.29) is 12.0 Å². The first-order valence-electron chi connectivity index (χ1n) is 8.01. The number of carbonyl (C=O) groups is 1. The molecule has 1 atom stereocenters. The molecule has 2 aromatic rings. The van der Waals surface area contributed by atoms with Crippen LogP contribution in [0.4, 0.5) is 0 Å². The number of amides is 1. The molecule has 0 spiro atoms. The highest BCUT2D eigenvalue weighted by atomic mass is 32.2. The molecule has 0 bridgehead atoms. The lowest BCUT2D eigenvalue weighted by Gasteiger charge is -2.11. The molecule has 1 aromatic carbocycles. The van der Waals surface area contributed by atoms with Crippen molar-refractivity contribution >= 4 is 28.6 Å². The second-order valence-corrected chi connectivity index (χ2v) is 7.00. The van der Waals surface area contributed by atoms with Crippen molar-refractivity contribution in [1.29, 1.82) is 0 Å². The van der Waals surface area contributed by atoms with Gasteiger partial charge in [-0.25, -0.2) is 4.98 Å². The molecule has 3 rings (SSSR count). The number of aryl methyl sites for hydroxylation is 2. The van der Waals surface area contributed by atoms with Crippen LogP contribution in [-0.2, 0) is 9.53 Å². The van der Waals surface area contributed by atoms with Gasteiger partial charge in [-0.05, 0) is 49.9 Å². The van der Waals surface area contributed by atoms with E-state index in [2.05, 4.69) is 36.5 Å². The molecule has 1 aromatic heterocycles. The fraction of sp³-hybridized carbons (Fsp3) is 0.444. The highest BCUT2D eigenvalue weighted by Gasteiger charge is 2.16. The Labute approximate surface area is 141 Å². The van der Waals surface area contributed by atoms with E-state index in [1.54, 1.807) is 0 Å². The topological polar surface area (TPSA) is 51.2 Å². The minimum Gasteiger partial charge on any atom is -0.376 e. The lowest BCUT2D eigenvalue weighted by Crippen LogP contribution is -2.32. The Morgan fingerprint density at radius 3 is 3.04 bits per heavy atom. The Bertz CT molecular complexity index is 711. The summed E-state index contributed by atoms with van der Waals surface area (Å²) in [5, 5.41) is 5.01. The summed E-state index contributed by atoms with van der Waals surface area (Å²) in [6, 6.07) is 8.40. The molecule has 1 aliphatic rings. The van der Waals surface area contributed by atoms with Gasteiger partial charge in [-0.3, -0.25) is 4.79 Å². The minimum atomic E-state index is 0.0380. The summed E-state index contributed by atoms with van der Waals surface area (Å²) < 4.78 is 5.51. The Morgan fingerprint density at radius 1 is 1.39 bits per heavy atom. The van der Waals surface area contributed by atoms with Gasteiger partial charge in [-0.1, -0.05) is 23.9 Å². The number of carbonyl (C=O) groups excluding carboxylic acids is 1. The number of nitrogens with zero attached hydrogens (tertiary/aromatic N) is 1. The molecule has 0 unspecified atom stereocenters. The number of fused-ring (bicyclic) bond motifs is 1. The number of benzene rings is 1. The third-order valence-electron chi connectivity index (χ3n) is 4.01. The molecular weight excluding hydrogens is 308 g/mol. The van der Waals surface area contributed by atoms with Crippen LogP contribution in [0.5, 0.6) is 0 Å². The molecule has 1 saturated heterocycles. The molecule has 1 fully saturated rings. The molecule has 122 valence electrons. The normalized spacial score (nSPS) is 17.6. The highest BCUT2D eigenvalue weighted by molar-refractivity contribution is 7.99. The average molecular weight is 330 g/mol. The molecule has 0 aliphatic carbocycles. The van der Waals surface area contributed by atoms with E-state index < -0.39 is 0 Å². The van der Waals surface area contributed by atoms with Crippen molar-refractivity contribution in [2.24, 2.45) is 0 Å². The second-order valence-electron chi connectivity index (χ2n) is 6.03. The van der Waals surface area contributed by atoms with Crippen molar-refractivity contribution in [3.8, 4) is 0 Å². The third kappa shape index (κ3) is 4.24. The standard InChI is InChI=1S/C18H22N2O2S/c1-12-5-6-14-9-13(2)18(20-16(14)8-12)23-11-17(21)19-10-15-4-3-7-22-15/h5-6,8-9,15H,3-4,7,10-11H2,1-2H3,(H,19,21)/t15-/m1/s1. The van der Waals surface area contributed by atoms with Gasteiger partial charge in [-0.2, -0.15) is 0 Å². The molecule has 2 heterocycles. The zero-order chi connectivity index (χ0) is 16.2. The number of rotatable bonds is 5. The SMILES string of the molecule is Cc1ccc2cc(C)c(SCC(=O)NC[C@H]3CCCO3)nc2c1. The van der Waals surface area contributed by atoms with Crippen LogP contribution < -0.4 is 5.32 Å². The smallest absolute Gasteiger partial charge is 0.230 e. The summed E-state index contributed by atoms with van der Waals surface area (Å²) in [5.41, 5.74) is 3.29. The summed E-state index contributed by atoms with van der Waals surface area (Å²) in [7, 11) is 0. The number of aromatic nitrogens is 1. The van der Waals surface area contributed by atoms with E-state index in [4.69, 9.17) is 9.72 Å². The van der Waals surface area contributed by atoms with Gasteiger partial charge >= 0.3 is 0 Å². The van der Waals surface area contributed by atoms with Crippen LogP contribution in [0, 0.1) is 13.8 Å². The van der Waals surface area contributed by atoms with Gasteiger partial charge < -0.3 is 10.1 Å². The molecular formula is C18H22N2O2S. The predicted molar refractivity (Wildman–Crippen MR) is 93.9 cm³/mol. The van der Waals surface area contributed by atoms with Crippen molar-refractivity contribution in [2.45, 2.75) is 37.8 Å². The summed E-state index contributed by atoms with van der Waals surface area (Å²) in [4.78, 5) is 16.7. The van der Waals surface area contributed by atoms with Crippen LogP contribution in [0.25, 0.3) is 10.9 Å². The molecule has 1 amide bonds. The van der Waals surface area contributed by atoms with E-state index >= 15 is 0 Å². The Morgan fingerprint density at radius 2 is 2.26 bits per heavy atom. The summed E-state index contributed by atoms with van der Waals surface area (Å²) in [5.74, 6) is 0.425. The zero-order valence-corrected chi connectivity index (χ0v) is 14.4. The van der Waals surface area contributed by atoms with Crippen molar-refractivity contribution in [3.05, 3.63) is 35.4 Å². The van der Waals surface area contributed by atoms with E-state index in [1.807, 2.05) is 6.92 Å². The number of thioether (sulfide) groups is 1. The van der Waals surface area contributed by atoms with Gasteiger partial charge in [0, 0.05) is 18.5 Å². The number of hydrogen-bond donors (Lipinski definition) is 1. The van der Waals surface area contributed by atoms with Crippen LogP contribution in [-0.4, -0.2) is 35.9 Å². The lowest BCUT2D eigenvalue weighted by molar-refractivity contribution is -0.119. The molecule has 23 heavy (non-hydrogen) atoms. The number of nitrogens with one attached hydrogen (secondary N) is 1. The molecule has 0 radical (unpaired) electrons. The van der Waals surface area contributed by atoms with Gasteiger partial charge in [0.05, 0.1) is 17.4 Å². The maximum absolute atomic E-state index is 12.0. The van der Waals surface area contributed by atoms with Gasteiger partial charge in [0.25, 0.3) is 0 Å². The van der Waals surface area contributed by atoms with Gasteiger partial charge in [0.15, 0.2) is 0 Å². The first-order valence-corrected chi connectivity index (χ1v) is 8.99. The first kappa shape index (κ1) is 16.3. The van der Waals surface area contributed by atoms with Crippen LogP contribution in [0.15, 0.2) is 29.3 Å². The number of ether oxygens (including phenoxy) is 1. The van der Waals surface area contributed by atoms with E-state index in [9.17, 15) is 4.79 Å². The maximum Gasteiger partial charge on any atom is 0.230 e. The van der Waals surface area contributed by atoms with Crippen molar-refractivity contribution in [1.82, 2.24) is 10.3 Å². The molecule has 5 heteroatoms. The summed E-state index contributed by atoms with van der Waals surface area (Å²) in [6.07, 6.45) is 2.32.